The predicted octanol–water partition coefficient (Wildman–Crippen LogP) is 4.16. The third-order valence-electron chi connectivity index (χ3n) is 6.94. The molecule has 1 saturated heterocycles. The number of hydrogen-bond donors (Lipinski definition) is 1. The molecular weight excluding hydrogens is 458 g/mol. The Morgan fingerprint density at radius 2 is 1.61 bits per heavy atom. The maximum Gasteiger partial charge on any atom is 0.338 e. The lowest BCUT2D eigenvalue weighted by molar-refractivity contribution is -0.149. The van der Waals surface area contributed by atoms with Crippen LogP contribution in [0.4, 0.5) is 4.79 Å². The molecule has 0 radical (unpaired) electrons. The average Bonchev–Trinajstić information content (AvgIpc) is 2.84. The van der Waals surface area contributed by atoms with Gasteiger partial charge in [0.2, 0.25) is 0 Å². The van der Waals surface area contributed by atoms with Gasteiger partial charge in [-0.05, 0) is 63.2 Å². The van der Waals surface area contributed by atoms with E-state index in [2.05, 4.69) is 43.1 Å². The van der Waals surface area contributed by atoms with Gasteiger partial charge in [0.1, 0.15) is 0 Å². The number of nitrogens with zero attached hydrogens (tertiary/aromatic N) is 2. The molecule has 2 heterocycles. The van der Waals surface area contributed by atoms with Crippen molar-refractivity contribution < 1.29 is 23.9 Å². The van der Waals surface area contributed by atoms with Crippen molar-refractivity contribution in [2.75, 3.05) is 39.4 Å². The minimum absolute atomic E-state index is 0.00596. The van der Waals surface area contributed by atoms with Crippen molar-refractivity contribution >= 4 is 18.0 Å². The molecule has 1 atom stereocenters. The smallest absolute Gasteiger partial charge is 0.338 e. The molecule has 0 bridgehead atoms. The van der Waals surface area contributed by atoms with Crippen LogP contribution >= 0.6 is 0 Å². The SMILES string of the molecule is CCOC(=O)C1=C(CN2CCC(C(=O)OCC)CC2)N(CC)C(=O)NC1c1ccc(C(C)(C)C)cc1. The monoisotopic (exact) mass is 499 g/mol. The highest BCUT2D eigenvalue weighted by Gasteiger charge is 2.39. The molecule has 0 aliphatic carbocycles. The lowest BCUT2D eigenvalue weighted by Crippen LogP contribution is -2.51. The van der Waals surface area contributed by atoms with Gasteiger partial charge in [0.15, 0.2) is 0 Å². The molecule has 3 rings (SSSR count). The van der Waals surface area contributed by atoms with Crippen molar-refractivity contribution in [3.8, 4) is 0 Å². The molecule has 2 aliphatic heterocycles. The van der Waals surface area contributed by atoms with Crippen molar-refractivity contribution in [1.82, 2.24) is 15.1 Å². The number of carbonyl (C=O) groups is 3. The number of carbonyl (C=O) groups excluding carboxylic acids is 3. The van der Waals surface area contributed by atoms with Crippen molar-refractivity contribution in [1.29, 1.82) is 0 Å². The van der Waals surface area contributed by atoms with Gasteiger partial charge in [-0.3, -0.25) is 14.6 Å². The van der Waals surface area contributed by atoms with E-state index in [1.165, 1.54) is 5.56 Å². The van der Waals surface area contributed by atoms with Crippen LogP contribution in [0.15, 0.2) is 35.5 Å². The number of likely N-dealkylation sites (N-methyl/N-ethyl adjacent to an activating group) is 1. The number of amides is 2. The predicted molar refractivity (Wildman–Crippen MR) is 138 cm³/mol. The Balaban J connectivity index is 1.95. The van der Waals surface area contributed by atoms with Gasteiger partial charge in [-0.15, -0.1) is 0 Å². The first-order valence-corrected chi connectivity index (χ1v) is 13.1. The summed E-state index contributed by atoms with van der Waals surface area (Å²) in [4.78, 5) is 42.5. The van der Waals surface area contributed by atoms with Crippen LogP contribution in [-0.2, 0) is 24.5 Å². The summed E-state index contributed by atoms with van der Waals surface area (Å²) in [5.74, 6) is -0.669. The van der Waals surface area contributed by atoms with Crippen molar-refractivity contribution in [3.63, 3.8) is 0 Å². The fraction of sp³-hybridized carbons (Fsp3) is 0.607. The number of benzene rings is 1. The summed E-state index contributed by atoms with van der Waals surface area (Å²) >= 11 is 0. The van der Waals surface area contributed by atoms with Gasteiger partial charge in [-0.25, -0.2) is 9.59 Å². The number of rotatable bonds is 8. The summed E-state index contributed by atoms with van der Waals surface area (Å²) in [6.45, 7) is 14.8. The Kier molecular flexibility index (Phi) is 9.17. The Hall–Kier alpha value is -2.87. The first kappa shape index (κ1) is 27.7. The first-order valence-electron chi connectivity index (χ1n) is 13.1. The van der Waals surface area contributed by atoms with Crippen LogP contribution in [-0.4, -0.2) is 67.2 Å². The number of piperidine rings is 1. The molecule has 1 N–H and O–H groups in total. The van der Waals surface area contributed by atoms with Gasteiger partial charge < -0.3 is 14.8 Å². The fourth-order valence-corrected chi connectivity index (χ4v) is 4.88. The summed E-state index contributed by atoms with van der Waals surface area (Å²) < 4.78 is 10.7. The van der Waals surface area contributed by atoms with E-state index in [4.69, 9.17) is 9.47 Å². The van der Waals surface area contributed by atoms with Gasteiger partial charge in [-0.1, -0.05) is 45.0 Å². The molecule has 0 saturated carbocycles. The first-order chi connectivity index (χ1) is 17.1. The van der Waals surface area contributed by atoms with Crippen LogP contribution < -0.4 is 5.32 Å². The molecule has 2 amide bonds. The molecule has 1 aromatic carbocycles. The van der Waals surface area contributed by atoms with Crippen molar-refractivity contribution in [2.45, 2.75) is 65.8 Å². The Labute approximate surface area is 215 Å². The van der Waals surface area contributed by atoms with E-state index in [9.17, 15) is 14.4 Å². The molecule has 1 unspecified atom stereocenters. The number of ether oxygens (including phenoxy) is 2. The van der Waals surface area contributed by atoms with Crippen LogP contribution in [0.2, 0.25) is 0 Å². The van der Waals surface area contributed by atoms with Gasteiger partial charge in [-0.2, -0.15) is 0 Å². The standard InChI is InChI=1S/C28H41N3O5/c1-7-31-22(18-30-16-14-20(15-17-30)25(32)35-8-2)23(26(33)36-9-3)24(29-27(31)34)19-10-12-21(13-11-19)28(4,5)6/h10-13,20,24H,7-9,14-18H2,1-6H3,(H,29,34). The maximum absolute atomic E-state index is 13.3. The number of urea groups is 1. The fourth-order valence-electron chi connectivity index (χ4n) is 4.88. The molecule has 0 spiro atoms. The Morgan fingerprint density at radius 3 is 2.14 bits per heavy atom. The summed E-state index contributed by atoms with van der Waals surface area (Å²) in [7, 11) is 0. The molecule has 0 aromatic heterocycles. The quantitative estimate of drug-likeness (QED) is 0.541. The zero-order valence-corrected chi connectivity index (χ0v) is 22.6. The van der Waals surface area contributed by atoms with Gasteiger partial charge in [0.05, 0.1) is 30.7 Å². The van der Waals surface area contributed by atoms with Crippen LogP contribution in [0.5, 0.6) is 0 Å². The second-order valence-corrected chi connectivity index (χ2v) is 10.4. The zero-order chi connectivity index (χ0) is 26.5. The Bertz CT molecular complexity index is 972. The van der Waals surface area contributed by atoms with Crippen molar-refractivity contribution in [3.05, 3.63) is 46.7 Å². The van der Waals surface area contributed by atoms with Gasteiger partial charge >= 0.3 is 18.0 Å². The highest BCUT2D eigenvalue weighted by atomic mass is 16.5. The van der Waals surface area contributed by atoms with Crippen LogP contribution in [0.25, 0.3) is 0 Å². The van der Waals surface area contributed by atoms with Crippen LogP contribution in [0, 0.1) is 5.92 Å². The second kappa shape index (κ2) is 11.9. The number of likely N-dealkylation sites (tertiary alicyclic amines) is 1. The summed E-state index contributed by atoms with van der Waals surface area (Å²) in [6.07, 6.45) is 1.38. The molecule has 2 aliphatic rings. The van der Waals surface area contributed by atoms with E-state index in [1.54, 1.807) is 11.8 Å². The highest BCUT2D eigenvalue weighted by molar-refractivity contribution is 5.95. The zero-order valence-electron chi connectivity index (χ0n) is 22.6. The minimum Gasteiger partial charge on any atom is -0.466 e. The van der Waals surface area contributed by atoms with Gasteiger partial charge in [0.25, 0.3) is 0 Å². The van der Waals surface area contributed by atoms with Gasteiger partial charge in [0, 0.05) is 18.8 Å². The lowest BCUT2D eigenvalue weighted by Gasteiger charge is -2.39. The average molecular weight is 500 g/mol. The summed E-state index contributed by atoms with van der Waals surface area (Å²) in [6, 6.07) is 7.24. The number of hydrogen-bond acceptors (Lipinski definition) is 6. The van der Waals surface area contributed by atoms with E-state index in [0.717, 1.165) is 5.56 Å². The molecular formula is C28H41N3O5. The normalized spacial score (nSPS) is 19.8. The topological polar surface area (TPSA) is 88.2 Å². The number of esters is 2. The third-order valence-corrected chi connectivity index (χ3v) is 6.94. The van der Waals surface area contributed by atoms with Crippen molar-refractivity contribution in [2.24, 2.45) is 5.92 Å². The Morgan fingerprint density at radius 1 is 1.00 bits per heavy atom. The summed E-state index contributed by atoms with van der Waals surface area (Å²) in [5.41, 5.74) is 3.14. The molecule has 8 heteroatoms. The molecule has 8 nitrogen and oxygen atoms in total. The molecule has 198 valence electrons. The number of nitrogens with one attached hydrogen (secondary N) is 1. The van der Waals surface area contributed by atoms with E-state index in [-0.39, 0.29) is 29.9 Å². The van der Waals surface area contributed by atoms with E-state index in [0.29, 0.717) is 56.9 Å². The van der Waals surface area contributed by atoms with E-state index < -0.39 is 12.0 Å². The van der Waals surface area contributed by atoms with E-state index >= 15 is 0 Å². The maximum atomic E-state index is 13.3. The minimum atomic E-state index is -0.597. The highest BCUT2D eigenvalue weighted by Crippen LogP contribution is 2.34. The third kappa shape index (κ3) is 6.27. The molecule has 36 heavy (non-hydrogen) atoms. The molecule has 1 fully saturated rings. The summed E-state index contributed by atoms with van der Waals surface area (Å²) in [5, 5.41) is 3.03. The lowest BCUT2D eigenvalue weighted by atomic mass is 9.85. The van der Waals surface area contributed by atoms with Crippen LogP contribution in [0.3, 0.4) is 0 Å². The molecule has 1 aromatic rings. The second-order valence-electron chi connectivity index (χ2n) is 10.4. The largest absolute Gasteiger partial charge is 0.466 e. The van der Waals surface area contributed by atoms with E-state index in [1.807, 2.05) is 26.0 Å². The van der Waals surface area contributed by atoms with Crippen LogP contribution in [0.1, 0.15) is 71.6 Å².